The molecule has 0 bridgehead atoms. The smallest absolute Gasteiger partial charge is 0.325 e. The van der Waals surface area contributed by atoms with E-state index >= 15 is 0 Å². The Hall–Kier alpha value is -3.00. The number of methoxy groups -OCH3 is 1. The highest BCUT2D eigenvalue weighted by molar-refractivity contribution is 6.31. The van der Waals surface area contributed by atoms with Crippen LogP contribution in [0.15, 0.2) is 34.9 Å². The van der Waals surface area contributed by atoms with Crippen LogP contribution in [0, 0.1) is 6.92 Å². The molecule has 4 amide bonds. The highest BCUT2D eigenvalue weighted by Gasteiger charge is 2.51. The van der Waals surface area contributed by atoms with Crippen LogP contribution in [0.1, 0.15) is 18.2 Å². The van der Waals surface area contributed by atoms with Crippen LogP contribution >= 0.6 is 11.6 Å². The van der Waals surface area contributed by atoms with Crippen molar-refractivity contribution in [3.05, 3.63) is 46.9 Å². The number of imide groups is 1. The van der Waals surface area contributed by atoms with E-state index in [9.17, 15) is 14.4 Å². The number of carbonyl (C=O) groups excluding carboxylic acids is 3. The monoisotopic (exact) mass is 391 g/mol. The van der Waals surface area contributed by atoms with Gasteiger partial charge in [0.1, 0.15) is 18.1 Å². The van der Waals surface area contributed by atoms with Gasteiger partial charge < -0.3 is 19.8 Å². The van der Waals surface area contributed by atoms with Gasteiger partial charge in [0.15, 0.2) is 5.54 Å². The van der Waals surface area contributed by atoms with Gasteiger partial charge in [0.25, 0.3) is 5.91 Å². The third kappa shape index (κ3) is 3.35. The van der Waals surface area contributed by atoms with Crippen LogP contribution < -0.4 is 15.4 Å². The summed E-state index contributed by atoms with van der Waals surface area (Å²) in [5, 5.41) is 5.70. The van der Waals surface area contributed by atoms with Gasteiger partial charge in [-0.25, -0.2) is 4.79 Å². The van der Waals surface area contributed by atoms with E-state index in [1.807, 2.05) is 0 Å². The summed E-state index contributed by atoms with van der Waals surface area (Å²) in [6.45, 7) is 2.85. The molecule has 0 saturated carbocycles. The number of hydrogen-bond acceptors (Lipinski definition) is 5. The molecule has 1 atom stereocenters. The van der Waals surface area contributed by atoms with Crippen molar-refractivity contribution >= 4 is 35.1 Å². The molecule has 1 saturated heterocycles. The van der Waals surface area contributed by atoms with E-state index in [4.69, 9.17) is 20.8 Å². The third-order valence-electron chi connectivity index (χ3n) is 4.35. The minimum absolute atomic E-state index is 0.291. The van der Waals surface area contributed by atoms with E-state index in [2.05, 4.69) is 10.6 Å². The van der Waals surface area contributed by atoms with Crippen LogP contribution in [0.25, 0.3) is 0 Å². The van der Waals surface area contributed by atoms with Gasteiger partial charge in [-0.3, -0.25) is 14.5 Å². The lowest BCUT2D eigenvalue weighted by Gasteiger charge is -2.19. The molecule has 2 aromatic rings. The maximum Gasteiger partial charge on any atom is 0.325 e. The lowest BCUT2D eigenvalue weighted by Crippen LogP contribution is -2.41. The van der Waals surface area contributed by atoms with Crippen LogP contribution in [-0.4, -0.2) is 36.4 Å². The van der Waals surface area contributed by atoms with Gasteiger partial charge in [0, 0.05) is 11.1 Å². The second kappa shape index (κ2) is 6.96. The summed E-state index contributed by atoms with van der Waals surface area (Å²) in [4.78, 5) is 38.2. The molecule has 3 rings (SSSR count). The van der Waals surface area contributed by atoms with E-state index in [1.165, 1.54) is 20.3 Å². The molecule has 1 aliphatic rings. The molecule has 8 nitrogen and oxygen atoms in total. The standard InChI is InChI=1S/C18H18ClN3O5/c1-10-7-12(13(26-3)8-11(10)19)20-15(23)9-22-16(24)18(2,21-17(22)25)14-5-4-6-27-14/h4-8H,9H2,1-3H3,(H,20,23)(H,21,25)/t18-/m0/s1. The number of ether oxygens (including phenoxy) is 1. The Labute approximate surface area is 160 Å². The number of rotatable bonds is 5. The first-order valence-corrected chi connectivity index (χ1v) is 8.46. The van der Waals surface area contributed by atoms with Crippen molar-refractivity contribution in [2.45, 2.75) is 19.4 Å². The molecule has 0 spiro atoms. The van der Waals surface area contributed by atoms with Crippen molar-refractivity contribution in [1.29, 1.82) is 0 Å². The number of furan rings is 1. The molecule has 1 aromatic carbocycles. The van der Waals surface area contributed by atoms with E-state index in [-0.39, 0.29) is 0 Å². The molecule has 2 heterocycles. The predicted octanol–water partition coefficient (Wildman–Crippen LogP) is 2.66. The van der Waals surface area contributed by atoms with E-state index in [0.717, 1.165) is 10.5 Å². The first-order chi connectivity index (χ1) is 12.8. The van der Waals surface area contributed by atoms with E-state index in [0.29, 0.717) is 22.2 Å². The zero-order chi connectivity index (χ0) is 19.8. The zero-order valence-electron chi connectivity index (χ0n) is 15.0. The number of hydrogen-bond donors (Lipinski definition) is 2. The summed E-state index contributed by atoms with van der Waals surface area (Å²) < 4.78 is 10.5. The number of amides is 4. The molecule has 0 aliphatic carbocycles. The summed E-state index contributed by atoms with van der Waals surface area (Å²) in [5.74, 6) is -0.464. The van der Waals surface area contributed by atoms with Crippen molar-refractivity contribution in [2.75, 3.05) is 19.0 Å². The van der Waals surface area contributed by atoms with Gasteiger partial charge in [-0.15, -0.1) is 0 Å². The van der Waals surface area contributed by atoms with Gasteiger partial charge in [0.05, 0.1) is 19.1 Å². The SMILES string of the molecule is COc1cc(Cl)c(C)cc1NC(=O)CN1C(=O)N[C@@](C)(c2ccco2)C1=O. The molecule has 0 unspecified atom stereocenters. The molecule has 1 aromatic heterocycles. The Kier molecular flexibility index (Phi) is 4.84. The van der Waals surface area contributed by atoms with Crippen molar-refractivity contribution in [3.8, 4) is 5.75 Å². The molecular formula is C18H18ClN3O5. The number of halogens is 1. The van der Waals surface area contributed by atoms with Crippen LogP contribution in [0.4, 0.5) is 10.5 Å². The topological polar surface area (TPSA) is 101 Å². The molecule has 142 valence electrons. The number of nitrogens with zero attached hydrogens (tertiary/aromatic N) is 1. The first-order valence-electron chi connectivity index (χ1n) is 8.08. The second-order valence-corrected chi connectivity index (χ2v) is 6.68. The van der Waals surface area contributed by atoms with Gasteiger partial charge in [0.2, 0.25) is 5.91 Å². The summed E-state index contributed by atoms with van der Waals surface area (Å²) in [7, 11) is 1.45. The highest BCUT2D eigenvalue weighted by Crippen LogP contribution is 2.32. The van der Waals surface area contributed by atoms with Gasteiger partial charge in [-0.2, -0.15) is 0 Å². The van der Waals surface area contributed by atoms with Crippen molar-refractivity contribution in [1.82, 2.24) is 10.2 Å². The second-order valence-electron chi connectivity index (χ2n) is 6.27. The highest BCUT2D eigenvalue weighted by atomic mass is 35.5. The third-order valence-corrected chi connectivity index (χ3v) is 4.75. The maximum atomic E-state index is 12.7. The van der Waals surface area contributed by atoms with Gasteiger partial charge in [-0.05, 0) is 37.6 Å². The Morgan fingerprint density at radius 1 is 1.41 bits per heavy atom. The van der Waals surface area contributed by atoms with E-state index < -0.39 is 29.9 Å². The number of carbonyl (C=O) groups is 3. The van der Waals surface area contributed by atoms with Crippen LogP contribution in [0.2, 0.25) is 5.02 Å². The summed E-state index contributed by atoms with van der Waals surface area (Å²) >= 11 is 6.05. The quantitative estimate of drug-likeness (QED) is 0.763. The van der Waals surface area contributed by atoms with Crippen molar-refractivity contribution in [3.63, 3.8) is 0 Å². The largest absolute Gasteiger partial charge is 0.495 e. The van der Waals surface area contributed by atoms with Gasteiger partial charge >= 0.3 is 6.03 Å². The molecule has 1 fully saturated rings. The minimum Gasteiger partial charge on any atom is -0.495 e. The van der Waals surface area contributed by atoms with Crippen LogP contribution in [-0.2, 0) is 15.1 Å². The molecule has 0 radical (unpaired) electrons. The van der Waals surface area contributed by atoms with E-state index in [1.54, 1.807) is 31.2 Å². The Bertz CT molecular complexity index is 912. The molecular weight excluding hydrogens is 374 g/mol. The number of urea groups is 1. The summed E-state index contributed by atoms with van der Waals surface area (Å²) in [6.07, 6.45) is 1.41. The fourth-order valence-corrected chi connectivity index (χ4v) is 2.99. The lowest BCUT2D eigenvalue weighted by atomic mass is 9.99. The summed E-state index contributed by atoms with van der Waals surface area (Å²) in [6, 6.07) is 5.76. The Morgan fingerprint density at radius 2 is 2.15 bits per heavy atom. The van der Waals surface area contributed by atoms with Crippen LogP contribution in [0.5, 0.6) is 5.75 Å². The average Bonchev–Trinajstić information content (AvgIpc) is 3.22. The number of aryl methyl sites for hydroxylation is 1. The Balaban J connectivity index is 1.76. The first kappa shape index (κ1) is 18.8. The zero-order valence-corrected chi connectivity index (χ0v) is 15.7. The summed E-state index contributed by atoms with van der Waals surface area (Å²) in [5.41, 5.74) is -0.214. The number of nitrogens with one attached hydrogen (secondary N) is 2. The molecule has 2 N–H and O–H groups in total. The van der Waals surface area contributed by atoms with Crippen molar-refractivity contribution in [2.24, 2.45) is 0 Å². The number of benzene rings is 1. The Morgan fingerprint density at radius 3 is 2.78 bits per heavy atom. The molecule has 27 heavy (non-hydrogen) atoms. The number of anilines is 1. The minimum atomic E-state index is -1.35. The normalized spacial score (nSPS) is 19.2. The maximum absolute atomic E-state index is 12.7. The molecule has 1 aliphatic heterocycles. The lowest BCUT2D eigenvalue weighted by molar-refractivity contribution is -0.134. The van der Waals surface area contributed by atoms with Crippen molar-refractivity contribution < 1.29 is 23.5 Å². The van der Waals surface area contributed by atoms with Crippen LogP contribution in [0.3, 0.4) is 0 Å². The fraction of sp³-hybridized carbons (Fsp3) is 0.278. The average molecular weight is 392 g/mol. The fourth-order valence-electron chi connectivity index (χ4n) is 2.83. The predicted molar refractivity (Wildman–Crippen MR) is 97.7 cm³/mol. The molecule has 9 heteroatoms. The van der Waals surface area contributed by atoms with Gasteiger partial charge in [-0.1, -0.05) is 11.6 Å².